The minimum absolute atomic E-state index is 0.0955. The Balaban J connectivity index is 1.95. The van der Waals surface area contributed by atoms with E-state index in [2.05, 4.69) is 5.32 Å². The standard InChI is InChI=1S/C16H17FN4O3/c17-12-7-10-13(8-14(12)19-3-1-18-2-4-19)21(20-5-6-20)9-11(15(10)22)16(23)24/h7-9,18H,1-6H2,(H,23,24). The van der Waals surface area contributed by atoms with Crippen molar-refractivity contribution in [2.24, 2.45) is 0 Å². The second-order valence-electron chi connectivity index (χ2n) is 6.03. The maximum atomic E-state index is 14.6. The number of carboxylic acid groups (broad SMARTS) is 1. The molecule has 0 saturated carbocycles. The fourth-order valence-corrected chi connectivity index (χ4v) is 3.11. The van der Waals surface area contributed by atoms with E-state index in [-0.39, 0.29) is 10.9 Å². The van der Waals surface area contributed by atoms with Gasteiger partial charge >= 0.3 is 5.97 Å². The molecule has 0 amide bonds. The molecule has 1 aromatic carbocycles. The molecule has 0 atom stereocenters. The molecule has 2 N–H and O–H groups in total. The zero-order valence-corrected chi connectivity index (χ0v) is 13.0. The largest absolute Gasteiger partial charge is 0.477 e. The highest BCUT2D eigenvalue weighted by atomic mass is 19.1. The van der Waals surface area contributed by atoms with Crippen molar-refractivity contribution in [2.75, 3.05) is 49.2 Å². The van der Waals surface area contributed by atoms with Crippen LogP contribution in [0.2, 0.25) is 0 Å². The summed E-state index contributed by atoms with van der Waals surface area (Å²) in [4.78, 5) is 25.7. The molecular formula is C16H17FN4O3. The van der Waals surface area contributed by atoms with Crippen LogP contribution in [0, 0.1) is 5.82 Å². The molecule has 0 bridgehead atoms. The molecule has 24 heavy (non-hydrogen) atoms. The van der Waals surface area contributed by atoms with Crippen LogP contribution in [0.3, 0.4) is 0 Å². The second-order valence-corrected chi connectivity index (χ2v) is 6.03. The molecule has 0 radical (unpaired) electrons. The van der Waals surface area contributed by atoms with Gasteiger partial charge in [-0.3, -0.25) is 9.47 Å². The third kappa shape index (κ3) is 2.39. The Morgan fingerprint density at radius 3 is 2.50 bits per heavy atom. The van der Waals surface area contributed by atoms with Crippen molar-refractivity contribution in [3.8, 4) is 0 Å². The molecule has 126 valence electrons. The molecule has 2 aliphatic rings. The number of hydrogen-bond acceptors (Lipinski definition) is 5. The van der Waals surface area contributed by atoms with Crippen LogP contribution in [0.5, 0.6) is 0 Å². The zero-order chi connectivity index (χ0) is 16.8. The molecule has 0 spiro atoms. The van der Waals surface area contributed by atoms with Gasteiger partial charge in [0.05, 0.1) is 29.7 Å². The van der Waals surface area contributed by atoms with Crippen LogP contribution in [0.1, 0.15) is 10.4 Å². The van der Waals surface area contributed by atoms with Gasteiger partial charge in [-0.05, 0) is 12.1 Å². The molecule has 4 rings (SSSR count). The van der Waals surface area contributed by atoms with Gasteiger partial charge in [0.1, 0.15) is 11.4 Å². The van der Waals surface area contributed by atoms with Gasteiger partial charge in [0.2, 0.25) is 5.43 Å². The van der Waals surface area contributed by atoms with Crippen molar-refractivity contribution in [3.05, 3.63) is 39.9 Å². The summed E-state index contributed by atoms with van der Waals surface area (Å²) in [5.41, 5.74) is -0.00964. The number of aromatic carboxylic acids is 1. The zero-order valence-electron chi connectivity index (χ0n) is 13.0. The van der Waals surface area contributed by atoms with Crippen LogP contribution in [-0.4, -0.2) is 55.0 Å². The summed E-state index contributed by atoms with van der Waals surface area (Å²) < 4.78 is 16.3. The summed E-state index contributed by atoms with van der Waals surface area (Å²) in [7, 11) is 0. The summed E-state index contributed by atoms with van der Waals surface area (Å²) in [5.74, 6) is -1.80. The van der Waals surface area contributed by atoms with Crippen LogP contribution in [0.25, 0.3) is 10.9 Å². The lowest BCUT2D eigenvalue weighted by molar-refractivity contribution is 0.0695. The Bertz CT molecular complexity index is 885. The van der Waals surface area contributed by atoms with Crippen molar-refractivity contribution in [1.82, 2.24) is 9.99 Å². The van der Waals surface area contributed by atoms with E-state index in [1.165, 1.54) is 12.3 Å². The minimum Gasteiger partial charge on any atom is -0.477 e. The van der Waals surface area contributed by atoms with Crippen LogP contribution in [0.4, 0.5) is 10.1 Å². The number of carboxylic acids is 1. The lowest BCUT2D eigenvalue weighted by atomic mass is 10.1. The predicted octanol–water partition coefficient (Wildman–Crippen LogP) is 0.200. The van der Waals surface area contributed by atoms with E-state index in [0.717, 1.165) is 26.2 Å². The molecule has 8 heteroatoms. The fourth-order valence-electron chi connectivity index (χ4n) is 3.11. The van der Waals surface area contributed by atoms with Crippen LogP contribution in [0.15, 0.2) is 23.1 Å². The Hall–Kier alpha value is -2.61. The van der Waals surface area contributed by atoms with E-state index in [9.17, 15) is 19.1 Å². The van der Waals surface area contributed by atoms with Gasteiger partial charge in [0.25, 0.3) is 0 Å². The van der Waals surface area contributed by atoms with Crippen LogP contribution in [-0.2, 0) is 0 Å². The SMILES string of the molecule is O=C(O)c1cn(N2CC2)c2cc(N3CCNCC3)c(F)cc2c1=O. The van der Waals surface area contributed by atoms with Crippen molar-refractivity contribution in [3.63, 3.8) is 0 Å². The monoisotopic (exact) mass is 332 g/mol. The predicted molar refractivity (Wildman–Crippen MR) is 88.2 cm³/mol. The number of aromatic nitrogens is 1. The first-order chi connectivity index (χ1) is 11.6. The Morgan fingerprint density at radius 2 is 1.88 bits per heavy atom. The Kier molecular flexibility index (Phi) is 3.42. The van der Waals surface area contributed by atoms with Gasteiger partial charge in [-0.1, -0.05) is 0 Å². The summed E-state index contributed by atoms with van der Waals surface area (Å²) in [6.45, 7) is 4.46. The number of hydrogen-bond donors (Lipinski definition) is 2. The number of piperazine rings is 1. The van der Waals surface area contributed by atoms with Gasteiger partial charge in [0.15, 0.2) is 0 Å². The first-order valence-corrected chi connectivity index (χ1v) is 7.89. The highest BCUT2D eigenvalue weighted by molar-refractivity contribution is 5.93. The lowest BCUT2D eigenvalue weighted by Crippen LogP contribution is -2.44. The number of nitrogens with zero attached hydrogens (tertiary/aromatic N) is 3. The van der Waals surface area contributed by atoms with Crippen LogP contribution < -0.4 is 20.7 Å². The number of nitrogens with one attached hydrogen (secondary N) is 1. The van der Waals surface area contributed by atoms with E-state index in [1.54, 1.807) is 10.7 Å². The minimum atomic E-state index is -1.30. The normalized spacial score (nSPS) is 17.4. The summed E-state index contributed by atoms with van der Waals surface area (Å²) >= 11 is 0. The van der Waals surface area contributed by atoms with Gasteiger partial charge < -0.3 is 20.3 Å². The van der Waals surface area contributed by atoms with Crippen molar-refractivity contribution >= 4 is 22.6 Å². The van der Waals surface area contributed by atoms with Gasteiger partial charge in [-0.2, -0.15) is 0 Å². The van der Waals surface area contributed by atoms with E-state index in [0.29, 0.717) is 24.3 Å². The quantitative estimate of drug-likeness (QED) is 0.782. The summed E-state index contributed by atoms with van der Waals surface area (Å²) in [6, 6.07) is 2.82. The maximum Gasteiger partial charge on any atom is 0.341 e. The molecule has 2 aromatic rings. The number of carbonyl (C=O) groups is 1. The second kappa shape index (κ2) is 5.48. The number of halogens is 1. The van der Waals surface area contributed by atoms with Gasteiger partial charge in [0, 0.05) is 32.4 Å². The Labute approximate surface area is 136 Å². The van der Waals surface area contributed by atoms with Gasteiger partial charge in [-0.15, -0.1) is 0 Å². The molecule has 7 nitrogen and oxygen atoms in total. The average Bonchev–Trinajstić information content (AvgIpc) is 3.40. The third-order valence-electron chi connectivity index (χ3n) is 4.47. The highest BCUT2D eigenvalue weighted by Gasteiger charge is 2.25. The van der Waals surface area contributed by atoms with E-state index >= 15 is 0 Å². The molecular weight excluding hydrogens is 315 g/mol. The summed E-state index contributed by atoms with van der Waals surface area (Å²) in [6.07, 6.45) is 1.33. The number of benzene rings is 1. The van der Waals surface area contributed by atoms with Crippen molar-refractivity contribution in [1.29, 1.82) is 0 Å². The number of rotatable bonds is 3. The maximum absolute atomic E-state index is 14.6. The molecule has 0 aliphatic carbocycles. The molecule has 1 aromatic heterocycles. The van der Waals surface area contributed by atoms with Gasteiger partial charge in [-0.25, -0.2) is 9.18 Å². The van der Waals surface area contributed by atoms with E-state index in [4.69, 9.17) is 0 Å². The first kappa shape index (κ1) is 14.9. The molecule has 2 fully saturated rings. The Morgan fingerprint density at radius 1 is 1.17 bits per heavy atom. The molecule has 0 unspecified atom stereocenters. The van der Waals surface area contributed by atoms with Crippen molar-refractivity contribution < 1.29 is 14.3 Å². The van der Waals surface area contributed by atoms with Crippen molar-refractivity contribution in [2.45, 2.75) is 0 Å². The molecule has 2 aliphatic heterocycles. The smallest absolute Gasteiger partial charge is 0.341 e. The van der Waals surface area contributed by atoms with E-state index < -0.39 is 17.2 Å². The number of fused-ring (bicyclic) bond motifs is 1. The van der Waals surface area contributed by atoms with E-state index in [1.807, 2.05) is 9.91 Å². The topological polar surface area (TPSA) is 77.6 Å². The first-order valence-electron chi connectivity index (χ1n) is 7.89. The molecule has 3 heterocycles. The number of anilines is 1. The fraction of sp³-hybridized carbons (Fsp3) is 0.375. The average molecular weight is 332 g/mol. The van der Waals surface area contributed by atoms with Crippen LogP contribution >= 0.6 is 0 Å². The number of pyridine rings is 1. The highest BCUT2D eigenvalue weighted by Crippen LogP contribution is 2.26. The third-order valence-corrected chi connectivity index (χ3v) is 4.47. The summed E-state index contributed by atoms with van der Waals surface area (Å²) in [5, 5.41) is 14.4. The molecule has 2 saturated heterocycles. The lowest BCUT2D eigenvalue weighted by Gasteiger charge is -2.30.